The Morgan fingerprint density at radius 2 is 1.73 bits per heavy atom. The van der Waals surface area contributed by atoms with Crippen LogP contribution in [0.2, 0.25) is 0 Å². The summed E-state index contributed by atoms with van der Waals surface area (Å²) in [6.07, 6.45) is 1.72. The van der Waals surface area contributed by atoms with Crippen molar-refractivity contribution >= 4 is 21.8 Å². The van der Waals surface area contributed by atoms with Gasteiger partial charge in [0.2, 0.25) is 11.7 Å². The van der Waals surface area contributed by atoms with E-state index in [4.69, 9.17) is 4.52 Å². The number of amides is 1. The molecule has 7 heteroatoms. The molecule has 1 aliphatic rings. The van der Waals surface area contributed by atoms with Gasteiger partial charge in [-0.15, -0.1) is 0 Å². The highest BCUT2D eigenvalue weighted by atomic mass is 79.9. The van der Waals surface area contributed by atoms with E-state index < -0.39 is 0 Å². The van der Waals surface area contributed by atoms with Crippen LogP contribution in [0, 0.1) is 6.92 Å². The van der Waals surface area contributed by atoms with Crippen LogP contribution in [0.4, 0.5) is 0 Å². The van der Waals surface area contributed by atoms with Gasteiger partial charge >= 0.3 is 0 Å². The van der Waals surface area contributed by atoms with Gasteiger partial charge in [0, 0.05) is 48.2 Å². The third-order valence-corrected chi connectivity index (χ3v) is 5.92. The quantitative estimate of drug-likeness (QED) is 0.542. The zero-order chi connectivity index (χ0) is 20.9. The molecule has 2 aromatic carbocycles. The average Bonchev–Trinajstić information content (AvgIpc) is 3.24. The third kappa shape index (κ3) is 5.15. The Balaban J connectivity index is 1.21. The summed E-state index contributed by atoms with van der Waals surface area (Å²) in [5.74, 6) is 1.43. The normalized spacial score (nSPS) is 14.8. The number of benzene rings is 2. The second kappa shape index (κ2) is 9.53. The summed E-state index contributed by atoms with van der Waals surface area (Å²) < 4.78 is 6.39. The van der Waals surface area contributed by atoms with Crippen LogP contribution in [0.25, 0.3) is 11.4 Å². The fourth-order valence-corrected chi connectivity index (χ4v) is 3.84. The van der Waals surface area contributed by atoms with E-state index in [2.05, 4.69) is 37.9 Å². The van der Waals surface area contributed by atoms with Crippen LogP contribution in [0.3, 0.4) is 0 Å². The van der Waals surface area contributed by atoms with E-state index in [-0.39, 0.29) is 5.91 Å². The first kappa shape index (κ1) is 20.8. The first-order valence-corrected chi connectivity index (χ1v) is 11.0. The summed E-state index contributed by atoms with van der Waals surface area (Å²) in [6.45, 7) is 6.31. The predicted octanol–water partition coefficient (Wildman–Crippen LogP) is 4.20. The van der Waals surface area contributed by atoms with Gasteiger partial charge in [-0.3, -0.25) is 9.69 Å². The van der Waals surface area contributed by atoms with Gasteiger partial charge in [0.25, 0.3) is 5.91 Å². The fourth-order valence-electron chi connectivity index (χ4n) is 3.58. The first-order chi connectivity index (χ1) is 14.6. The molecule has 1 amide bonds. The monoisotopic (exact) mass is 468 g/mol. The highest BCUT2D eigenvalue weighted by molar-refractivity contribution is 9.10. The van der Waals surface area contributed by atoms with Gasteiger partial charge in [-0.25, -0.2) is 0 Å². The Kier molecular flexibility index (Phi) is 6.59. The molecule has 6 nitrogen and oxygen atoms in total. The summed E-state index contributed by atoms with van der Waals surface area (Å²) in [5.41, 5.74) is 2.93. The standard InChI is InChI=1S/C23H25BrN4O2/c1-17-4-6-18(7-5-17)22-25-21(30-26-22)3-2-12-27-13-15-28(16-14-27)23(29)19-8-10-20(24)11-9-19/h4-11H,2-3,12-16H2,1H3. The molecule has 4 rings (SSSR count). The van der Waals surface area contributed by atoms with E-state index in [1.54, 1.807) is 0 Å². The van der Waals surface area contributed by atoms with Crippen molar-refractivity contribution in [3.63, 3.8) is 0 Å². The van der Waals surface area contributed by atoms with Crippen LogP contribution in [0.5, 0.6) is 0 Å². The SMILES string of the molecule is Cc1ccc(-c2noc(CCCN3CCN(C(=O)c4ccc(Br)cc4)CC3)n2)cc1. The van der Waals surface area contributed by atoms with Gasteiger partial charge in [-0.2, -0.15) is 4.98 Å². The number of hydrogen-bond acceptors (Lipinski definition) is 5. The molecule has 1 saturated heterocycles. The zero-order valence-corrected chi connectivity index (χ0v) is 18.6. The minimum absolute atomic E-state index is 0.108. The van der Waals surface area contributed by atoms with Crippen LogP contribution in [0.1, 0.15) is 28.2 Å². The molecule has 1 aromatic heterocycles. The molecule has 1 fully saturated rings. The van der Waals surface area contributed by atoms with Crippen LogP contribution >= 0.6 is 15.9 Å². The second-order valence-electron chi connectivity index (χ2n) is 7.62. The van der Waals surface area contributed by atoms with Crippen molar-refractivity contribution in [2.45, 2.75) is 19.8 Å². The predicted molar refractivity (Wildman–Crippen MR) is 119 cm³/mol. The summed E-state index contributed by atoms with van der Waals surface area (Å²) in [6, 6.07) is 15.7. The highest BCUT2D eigenvalue weighted by Gasteiger charge is 2.22. The van der Waals surface area contributed by atoms with Gasteiger partial charge in [0.15, 0.2) is 0 Å². The van der Waals surface area contributed by atoms with Crippen molar-refractivity contribution in [3.05, 3.63) is 70.0 Å². The molecule has 0 N–H and O–H groups in total. The molecule has 0 radical (unpaired) electrons. The summed E-state index contributed by atoms with van der Waals surface area (Å²) in [7, 11) is 0. The number of nitrogens with zero attached hydrogens (tertiary/aromatic N) is 4. The lowest BCUT2D eigenvalue weighted by Crippen LogP contribution is -2.48. The number of aromatic nitrogens is 2. The molecular weight excluding hydrogens is 444 g/mol. The van der Waals surface area contributed by atoms with Gasteiger partial charge in [-0.1, -0.05) is 50.9 Å². The summed E-state index contributed by atoms with van der Waals surface area (Å²) in [4.78, 5) is 21.5. The molecule has 0 spiro atoms. The lowest BCUT2D eigenvalue weighted by molar-refractivity contribution is 0.0635. The van der Waals surface area contributed by atoms with E-state index in [0.717, 1.165) is 61.2 Å². The highest BCUT2D eigenvalue weighted by Crippen LogP contribution is 2.17. The van der Waals surface area contributed by atoms with E-state index in [9.17, 15) is 4.79 Å². The maximum atomic E-state index is 12.6. The zero-order valence-electron chi connectivity index (χ0n) is 17.1. The van der Waals surface area contributed by atoms with Crippen molar-refractivity contribution in [2.75, 3.05) is 32.7 Å². The molecule has 3 aromatic rings. The van der Waals surface area contributed by atoms with Gasteiger partial charge < -0.3 is 9.42 Å². The summed E-state index contributed by atoms with van der Waals surface area (Å²) >= 11 is 3.41. The lowest BCUT2D eigenvalue weighted by Gasteiger charge is -2.34. The number of piperazine rings is 1. The largest absolute Gasteiger partial charge is 0.339 e. The minimum Gasteiger partial charge on any atom is -0.339 e. The van der Waals surface area contributed by atoms with Crippen LogP contribution < -0.4 is 0 Å². The van der Waals surface area contributed by atoms with E-state index in [0.29, 0.717) is 11.7 Å². The molecule has 0 bridgehead atoms. The maximum absolute atomic E-state index is 12.6. The molecule has 1 aliphatic heterocycles. The minimum atomic E-state index is 0.108. The number of carbonyl (C=O) groups excluding carboxylic acids is 1. The van der Waals surface area contributed by atoms with Crippen molar-refractivity contribution in [2.24, 2.45) is 0 Å². The van der Waals surface area contributed by atoms with Gasteiger partial charge in [0.05, 0.1) is 0 Å². The van der Waals surface area contributed by atoms with Crippen molar-refractivity contribution < 1.29 is 9.32 Å². The lowest BCUT2D eigenvalue weighted by atomic mass is 10.1. The summed E-state index contributed by atoms with van der Waals surface area (Å²) in [5, 5.41) is 4.10. The Labute approximate surface area is 185 Å². The molecule has 0 saturated carbocycles. The maximum Gasteiger partial charge on any atom is 0.253 e. The number of halogens is 1. The van der Waals surface area contributed by atoms with Crippen molar-refractivity contribution in [1.82, 2.24) is 19.9 Å². The fraction of sp³-hybridized carbons (Fsp3) is 0.348. The molecule has 0 aliphatic carbocycles. The van der Waals surface area contributed by atoms with Crippen molar-refractivity contribution in [1.29, 1.82) is 0 Å². The molecule has 0 atom stereocenters. The third-order valence-electron chi connectivity index (χ3n) is 5.39. The Morgan fingerprint density at radius 1 is 1.03 bits per heavy atom. The van der Waals surface area contributed by atoms with Gasteiger partial charge in [-0.05, 0) is 44.2 Å². The Hall–Kier alpha value is -2.51. The number of aryl methyl sites for hydroxylation is 2. The van der Waals surface area contributed by atoms with E-state index in [1.165, 1.54) is 5.56 Å². The first-order valence-electron chi connectivity index (χ1n) is 10.3. The van der Waals surface area contributed by atoms with Crippen molar-refractivity contribution in [3.8, 4) is 11.4 Å². The Morgan fingerprint density at radius 3 is 2.43 bits per heavy atom. The van der Waals surface area contributed by atoms with Gasteiger partial charge in [0.1, 0.15) is 0 Å². The average molecular weight is 469 g/mol. The van der Waals surface area contributed by atoms with E-state index in [1.807, 2.05) is 53.4 Å². The second-order valence-corrected chi connectivity index (χ2v) is 8.54. The number of carbonyl (C=O) groups is 1. The molecule has 156 valence electrons. The molecule has 2 heterocycles. The van der Waals surface area contributed by atoms with E-state index >= 15 is 0 Å². The smallest absolute Gasteiger partial charge is 0.253 e. The van der Waals surface area contributed by atoms with Crippen LogP contribution in [-0.4, -0.2) is 58.6 Å². The number of rotatable bonds is 6. The van der Waals surface area contributed by atoms with Crippen LogP contribution in [-0.2, 0) is 6.42 Å². The topological polar surface area (TPSA) is 62.5 Å². The molecule has 30 heavy (non-hydrogen) atoms. The van der Waals surface area contributed by atoms with Crippen LogP contribution in [0.15, 0.2) is 57.5 Å². The number of hydrogen-bond donors (Lipinski definition) is 0. The molecular formula is C23H25BrN4O2. The molecule has 0 unspecified atom stereocenters. The Bertz CT molecular complexity index is 977.